The molecule has 1 fully saturated rings. The molecule has 214 valence electrons. The molecule has 0 radical (unpaired) electrons. The van der Waals surface area contributed by atoms with Gasteiger partial charge < -0.3 is 14.5 Å². The van der Waals surface area contributed by atoms with E-state index in [-0.39, 0.29) is 12.1 Å². The van der Waals surface area contributed by atoms with E-state index >= 15 is 8.78 Å². The van der Waals surface area contributed by atoms with Gasteiger partial charge in [0.2, 0.25) is 0 Å². The van der Waals surface area contributed by atoms with E-state index in [1.165, 1.54) is 12.1 Å². The number of nitrogens with zero attached hydrogens (tertiary/aromatic N) is 7. The third-order valence-corrected chi connectivity index (χ3v) is 6.69. The molecule has 1 aliphatic heterocycles. The topological polar surface area (TPSA) is 89.3 Å². The van der Waals surface area contributed by atoms with Crippen molar-refractivity contribution in [2.45, 2.75) is 46.3 Å². The summed E-state index contributed by atoms with van der Waals surface area (Å²) in [5.41, 5.74) is 2.81. The Morgan fingerprint density at radius 1 is 1.05 bits per heavy atom. The van der Waals surface area contributed by atoms with Crippen LogP contribution in [0.1, 0.15) is 39.1 Å². The van der Waals surface area contributed by atoms with Crippen molar-refractivity contribution in [3.63, 3.8) is 0 Å². The molecule has 0 spiro atoms. The number of amides is 1. The number of halogens is 2. The predicted molar refractivity (Wildman–Crippen MR) is 151 cm³/mol. The Morgan fingerprint density at radius 3 is 2.41 bits per heavy atom. The van der Waals surface area contributed by atoms with Gasteiger partial charge in [0.05, 0.1) is 5.69 Å². The number of rotatable bonds is 6. The second kappa shape index (κ2) is 11.6. The number of ether oxygens (including phenoxy) is 1. The van der Waals surface area contributed by atoms with Gasteiger partial charge in [-0.05, 0) is 63.6 Å². The van der Waals surface area contributed by atoms with Gasteiger partial charge in [-0.2, -0.15) is 5.10 Å². The molecule has 0 saturated carbocycles. The highest BCUT2D eigenvalue weighted by atomic mass is 19.1. The van der Waals surface area contributed by atoms with Crippen molar-refractivity contribution in [1.82, 2.24) is 29.6 Å². The van der Waals surface area contributed by atoms with Crippen molar-refractivity contribution in [3.05, 3.63) is 78.1 Å². The van der Waals surface area contributed by atoms with Gasteiger partial charge in [-0.1, -0.05) is 0 Å². The summed E-state index contributed by atoms with van der Waals surface area (Å²) >= 11 is 0. The van der Waals surface area contributed by atoms with Gasteiger partial charge in [-0.25, -0.2) is 23.5 Å². The average Bonchev–Trinajstić information content (AvgIpc) is 3.38. The molecule has 5 rings (SSSR count). The van der Waals surface area contributed by atoms with E-state index in [4.69, 9.17) is 9.72 Å². The van der Waals surface area contributed by atoms with Crippen LogP contribution in [0.5, 0.6) is 0 Å². The van der Waals surface area contributed by atoms with Crippen molar-refractivity contribution in [2.75, 3.05) is 31.1 Å². The van der Waals surface area contributed by atoms with Crippen LogP contribution in [-0.2, 0) is 17.7 Å². The predicted octanol–water partition coefficient (Wildman–Crippen LogP) is 5.35. The van der Waals surface area contributed by atoms with Crippen LogP contribution in [0.3, 0.4) is 0 Å². The number of carbonyl (C=O) groups is 1. The van der Waals surface area contributed by atoms with Gasteiger partial charge in [0.25, 0.3) is 0 Å². The number of piperazine rings is 1. The maximum Gasteiger partial charge on any atom is 0.410 e. The van der Waals surface area contributed by atoms with E-state index < -0.39 is 23.3 Å². The van der Waals surface area contributed by atoms with Gasteiger partial charge in [-0.15, -0.1) is 0 Å². The van der Waals surface area contributed by atoms with Crippen molar-refractivity contribution in [3.8, 4) is 22.5 Å². The van der Waals surface area contributed by atoms with Crippen molar-refractivity contribution in [1.29, 1.82) is 0 Å². The molecular formula is C30H33F2N7O2. The first kappa shape index (κ1) is 28.1. The molecule has 4 heterocycles. The lowest BCUT2D eigenvalue weighted by Gasteiger charge is -2.37. The van der Waals surface area contributed by atoms with E-state index in [9.17, 15) is 4.79 Å². The monoisotopic (exact) mass is 561 g/mol. The van der Waals surface area contributed by atoms with E-state index in [2.05, 4.69) is 15.1 Å². The van der Waals surface area contributed by atoms with Gasteiger partial charge >= 0.3 is 6.09 Å². The number of hydrogen-bond acceptors (Lipinski definition) is 7. The number of aryl methyl sites for hydroxylation is 1. The summed E-state index contributed by atoms with van der Waals surface area (Å²) in [5.74, 6) is -0.892. The molecule has 1 aliphatic rings. The van der Waals surface area contributed by atoms with E-state index in [0.717, 1.165) is 16.8 Å². The molecule has 9 nitrogen and oxygen atoms in total. The zero-order valence-corrected chi connectivity index (χ0v) is 23.6. The van der Waals surface area contributed by atoms with Gasteiger partial charge in [0.15, 0.2) is 0 Å². The minimum atomic E-state index is -0.662. The summed E-state index contributed by atoms with van der Waals surface area (Å²) in [6, 6.07) is 8.23. The van der Waals surface area contributed by atoms with E-state index in [1.54, 1.807) is 55.2 Å². The molecule has 0 aliphatic carbocycles. The lowest BCUT2D eigenvalue weighted by molar-refractivity contribution is 0.0240. The first-order valence-corrected chi connectivity index (χ1v) is 13.6. The lowest BCUT2D eigenvalue weighted by atomic mass is 10.1. The van der Waals surface area contributed by atoms with E-state index in [1.807, 2.05) is 29.9 Å². The minimum absolute atomic E-state index is 0.0969. The molecule has 0 unspecified atom stereocenters. The number of carbonyl (C=O) groups excluding carboxylic acids is 1. The summed E-state index contributed by atoms with van der Waals surface area (Å²) in [6.45, 7) is 9.30. The maximum atomic E-state index is 15.3. The van der Waals surface area contributed by atoms with Gasteiger partial charge in [-0.3, -0.25) is 9.67 Å². The van der Waals surface area contributed by atoms with Crippen LogP contribution < -0.4 is 4.90 Å². The van der Waals surface area contributed by atoms with Crippen molar-refractivity contribution in [2.24, 2.45) is 0 Å². The molecule has 3 aromatic heterocycles. The summed E-state index contributed by atoms with van der Waals surface area (Å²) in [6.07, 6.45) is 6.74. The van der Waals surface area contributed by atoms with Gasteiger partial charge in [0, 0.05) is 75.1 Å². The zero-order valence-electron chi connectivity index (χ0n) is 23.6. The van der Waals surface area contributed by atoms with Crippen LogP contribution in [-0.4, -0.2) is 67.5 Å². The fourth-order valence-corrected chi connectivity index (χ4v) is 4.76. The Kier molecular flexibility index (Phi) is 7.96. The molecule has 1 aromatic carbocycles. The van der Waals surface area contributed by atoms with Gasteiger partial charge in [0.1, 0.15) is 34.4 Å². The Morgan fingerprint density at radius 2 is 1.78 bits per heavy atom. The zero-order chi connectivity index (χ0) is 29.1. The average molecular weight is 562 g/mol. The summed E-state index contributed by atoms with van der Waals surface area (Å²) in [4.78, 5) is 28.8. The molecule has 1 amide bonds. The molecule has 0 bridgehead atoms. The first-order chi connectivity index (χ1) is 19.6. The SMILES string of the molecule is CCn1cc(-c2ccnc(Cc3cc(F)c(N4CCN(C(=O)OC(C)(C)C)CC4)c(F)c3)n2)c(-c2cccnc2)n1. The number of hydrogen-bond donors (Lipinski definition) is 0. The van der Waals surface area contributed by atoms with Crippen LogP contribution >= 0.6 is 0 Å². The maximum absolute atomic E-state index is 15.3. The Hall–Kier alpha value is -4.41. The molecule has 0 atom stereocenters. The minimum Gasteiger partial charge on any atom is -0.444 e. The molecule has 4 aromatic rings. The smallest absolute Gasteiger partial charge is 0.410 e. The van der Waals surface area contributed by atoms with Crippen molar-refractivity contribution < 1.29 is 18.3 Å². The van der Waals surface area contributed by atoms with Crippen LogP contribution in [0.2, 0.25) is 0 Å². The molecule has 1 saturated heterocycles. The second-order valence-corrected chi connectivity index (χ2v) is 10.9. The normalized spacial score (nSPS) is 13.9. The van der Waals surface area contributed by atoms with Crippen molar-refractivity contribution >= 4 is 11.8 Å². The van der Waals surface area contributed by atoms with Crippen LogP contribution in [0.4, 0.5) is 19.3 Å². The fraction of sp³-hybridized carbons (Fsp3) is 0.367. The standard InChI is InChI=1S/C30H33F2N7O2/c1-5-39-19-22(27(36-39)21-7-6-9-33-18-21)25-8-10-34-26(35-25)17-20-15-23(31)28(24(32)16-20)37-11-13-38(14-12-37)29(40)41-30(2,3)4/h6-10,15-16,18-19H,5,11-14,17H2,1-4H3. The van der Waals surface area contributed by atoms with E-state index in [0.29, 0.717) is 49.8 Å². The Labute approximate surface area is 237 Å². The molecule has 0 N–H and O–H groups in total. The van der Waals surface area contributed by atoms with Crippen LogP contribution in [0.15, 0.2) is 55.1 Å². The first-order valence-electron chi connectivity index (χ1n) is 13.6. The quantitative estimate of drug-likeness (QED) is 0.314. The summed E-state index contributed by atoms with van der Waals surface area (Å²) in [5, 5.41) is 4.68. The Bertz CT molecular complexity index is 1500. The lowest BCUT2D eigenvalue weighted by Crippen LogP contribution is -2.50. The molecule has 11 heteroatoms. The number of anilines is 1. The highest BCUT2D eigenvalue weighted by molar-refractivity contribution is 5.78. The highest BCUT2D eigenvalue weighted by Crippen LogP contribution is 2.30. The third-order valence-electron chi connectivity index (χ3n) is 6.69. The largest absolute Gasteiger partial charge is 0.444 e. The molecular weight excluding hydrogens is 528 g/mol. The summed E-state index contributed by atoms with van der Waals surface area (Å²) < 4.78 is 37.8. The third kappa shape index (κ3) is 6.50. The molecule has 41 heavy (non-hydrogen) atoms. The summed E-state index contributed by atoms with van der Waals surface area (Å²) in [7, 11) is 0. The Balaban J connectivity index is 1.32. The van der Waals surface area contributed by atoms with Crippen LogP contribution in [0, 0.1) is 11.6 Å². The highest BCUT2D eigenvalue weighted by Gasteiger charge is 2.28. The fourth-order valence-electron chi connectivity index (χ4n) is 4.76. The van der Waals surface area contributed by atoms with Crippen LogP contribution in [0.25, 0.3) is 22.5 Å². The number of benzene rings is 1. The number of aromatic nitrogens is 5. The second-order valence-electron chi connectivity index (χ2n) is 10.9. The number of pyridine rings is 1.